The first-order valence-corrected chi connectivity index (χ1v) is 11.0. The maximum Gasteiger partial charge on any atom is 0.326 e. The molecule has 0 bridgehead atoms. The number of phenols is 1. The SMILES string of the molecule is CC(C)C(NC(=O)C(Cc1ccc(O)cc1)NC(=O)C(CS)NC(=O)C(N)CC(=O)O)C(=O)O. The van der Waals surface area contributed by atoms with Crippen LogP contribution in [0.4, 0.5) is 0 Å². The predicted molar refractivity (Wildman–Crippen MR) is 124 cm³/mol. The zero-order chi connectivity index (χ0) is 26.0. The van der Waals surface area contributed by atoms with E-state index in [9.17, 15) is 34.2 Å². The fraction of sp³-hybridized carbons (Fsp3) is 0.476. The zero-order valence-corrected chi connectivity index (χ0v) is 19.6. The van der Waals surface area contributed by atoms with E-state index >= 15 is 0 Å². The Bertz CT molecular complexity index is 893. The number of hydrogen-bond donors (Lipinski definition) is 8. The number of aromatic hydroxyl groups is 1. The number of rotatable bonds is 13. The lowest BCUT2D eigenvalue weighted by Gasteiger charge is -2.25. The van der Waals surface area contributed by atoms with E-state index in [0.29, 0.717) is 5.56 Å². The summed E-state index contributed by atoms with van der Waals surface area (Å²) in [7, 11) is 0. The van der Waals surface area contributed by atoms with Crippen LogP contribution in [0.5, 0.6) is 5.75 Å². The summed E-state index contributed by atoms with van der Waals surface area (Å²) in [6, 6.07) is 0.758. The molecule has 8 N–H and O–H groups in total. The molecular weight excluding hydrogens is 468 g/mol. The lowest BCUT2D eigenvalue weighted by Crippen LogP contribution is -2.58. The monoisotopic (exact) mass is 498 g/mol. The summed E-state index contributed by atoms with van der Waals surface area (Å²) >= 11 is 4.02. The standard InChI is InChI=1S/C21H30N4O8S/c1-10(2)17(21(32)33)25-19(30)14(7-11-3-5-12(26)6-4-11)23-20(31)15(9-34)24-18(29)13(22)8-16(27)28/h3-6,10,13-15,17,26,34H,7-9,22H2,1-2H3,(H,23,31)(H,24,29)(H,25,30)(H,27,28)(H,32,33). The fourth-order valence-electron chi connectivity index (χ4n) is 2.87. The molecule has 188 valence electrons. The summed E-state index contributed by atoms with van der Waals surface area (Å²) < 4.78 is 0. The maximum atomic E-state index is 12.9. The summed E-state index contributed by atoms with van der Waals surface area (Å²) in [5, 5.41) is 34.8. The number of amides is 3. The number of carboxylic acid groups (broad SMARTS) is 2. The first kappa shape index (κ1) is 28.7. The largest absolute Gasteiger partial charge is 0.508 e. The molecule has 3 amide bonds. The van der Waals surface area contributed by atoms with Crippen molar-refractivity contribution in [1.82, 2.24) is 16.0 Å². The molecule has 0 aliphatic carbocycles. The number of hydrogen-bond acceptors (Lipinski definition) is 8. The Kier molecular flexibility index (Phi) is 11.3. The number of carboxylic acids is 2. The topological polar surface area (TPSA) is 208 Å². The number of phenolic OH excluding ortho intramolecular Hbond substituents is 1. The van der Waals surface area contributed by atoms with Gasteiger partial charge in [-0.15, -0.1) is 0 Å². The van der Waals surface area contributed by atoms with Gasteiger partial charge in [-0.3, -0.25) is 19.2 Å². The van der Waals surface area contributed by atoms with Gasteiger partial charge >= 0.3 is 11.9 Å². The highest BCUT2D eigenvalue weighted by atomic mass is 32.1. The summed E-state index contributed by atoms with van der Waals surface area (Å²) in [5.74, 6) is -5.63. The van der Waals surface area contributed by atoms with Crippen molar-refractivity contribution < 1.29 is 39.3 Å². The molecule has 12 nitrogen and oxygen atoms in total. The highest BCUT2D eigenvalue weighted by Crippen LogP contribution is 2.12. The van der Waals surface area contributed by atoms with E-state index in [1.165, 1.54) is 24.3 Å². The molecule has 0 fully saturated rings. The molecule has 34 heavy (non-hydrogen) atoms. The molecule has 1 rings (SSSR count). The maximum absolute atomic E-state index is 12.9. The van der Waals surface area contributed by atoms with E-state index in [2.05, 4.69) is 28.6 Å². The van der Waals surface area contributed by atoms with Crippen molar-refractivity contribution in [3.63, 3.8) is 0 Å². The van der Waals surface area contributed by atoms with E-state index in [4.69, 9.17) is 10.8 Å². The van der Waals surface area contributed by atoms with Crippen LogP contribution in [0.2, 0.25) is 0 Å². The Morgan fingerprint density at radius 2 is 1.44 bits per heavy atom. The van der Waals surface area contributed by atoms with Crippen molar-refractivity contribution in [2.75, 3.05) is 5.75 Å². The Balaban J connectivity index is 3.05. The normalized spacial score (nSPS) is 14.4. The second-order valence-corrected chi connectivity index (χ2v) is 8.31. The van der Waals surface area contributed by atoms with Gasteiger partial charge in [-0.1, -0.05) is 26.0 Å². The highest BCUT2D eigenvalue weighted by molar-refractivity contribution is 7.80. The van der Waals surface area contributed by atoms with Crippen molar-refractivity contribution >= 4 is 42.3 Å². The molecule has 0 heterocycles. The van der Waals surface area contributed by atoms with Gasteiger partial charge in [0.2, 0.25) is 17.7 Å². The summed E-state index contributed by atoms with van der Waals surface area (Å²) in [4.78, 5) is 60.0. The van der Waals surface area contributed by atoms with Crippen molar-refractivity contribution in [3.8, 4) is 5.75 Å². The second-order valence-electron chi connectivity index (χ2n) is 7.95. The van der Waals surface area contributed by atoms with Gasteiger partial charge in [0.15, 0.2) is 0 Å². The van der Waals surface area contributed by atoms with Gasteiger partial charge in [-0.25, -0.2) is 4.79 Å². The van der Waals surface area contributed by atoms with Crippen molar-refractivity contribution in [2.24, 2.45) is 11.7 Å². The van der Waals surface area contributed by atoms with Crippen molar-refractivity contribution in [3.05, 3.63) is 29.8 Å². The Hall–Kier alpha value is -3.32. The first-order valence-electron chi connectivity index (χ1n) is 10.4. The van der Waals surface area contributed by atoms with E-state index in [1.807, 2.05) is 0 Å². The van der Waals surface area contributed by atoms with Crippen LogP contribution in [0.25, 0.3) is 0 Å². The average molecular weight is 499 g/mol. The van der Waals surface area contributed by atoms with Gasteiger partial charge in [-0.2, -0.15) is 12.6 Å². The molecule has 13 heteroatoms. The minimum absolute atomic E-state index is 0.00455. The van der Waals surface area contributed by atoms with Crippen LogP contribution in [0, 0.1) is 5.92 Å². The van der Waals surface area contributed by atoms with Gasteiger partial charge in [-0.05, 0) is 23.6 Å². The van der Waals surface area contributed by atoms with Gasteiger partial charge in [0, 0.05) is 12.2 Å². The van der Waals surface area contributed by atoms with Crippen LogP contribution in [0.3, 0.4) is 0 Å². The quantitative estimate of drug-likeness (QED) is 0.154. The number of aliphatic carboxylic acids is 2. The van der Waals surface area contributed by atoms with Crippen LogP contribution in [-0.4, -0.2) is 74.9 Å². The minimum atomic E-state index is -1.40. The zero-order valence-electron chi connectivity index (χ0n) is 18.7. The van der Waals surface area contributed by atoms with Crippen LogP contribution in [-0.2, 0) is 30.4 Å². The molecule has 4 atom stereocenters. The van der Waals surface area contributed by atoms with E-state index in [0.717, 1.165) is 0 Å². The molecule has 0 saturated carbocycles. The molecule has 0 aliphatic heterocycles. The number of nitrogens with one attached hydrogen (secondary N) is 3. The molecule has 1 aromatic rings. The lowest BCUT2D eigenvalue weighted by molar-refractivity contribution is -0.143. The molecule has 0 radical (unpaired) electrons. The van der Waals surface area contributed by atoms with Gasteiger partial charge in [0.25, 0.3) is 0 Å². The minimum Gasteiger partial charge on any atom is -0.508 e. The second kappa shape index (κ2) is 13.4. The van der Waals surface area contributed by atoms with Gasteiger partial charge < -0.3 is 37.0 Å². The Labute approximate surface area is 201 Å². The molecule has 0 aliphatic rings. The number of carbonyl (C=O) groups is 5. The van der Waals surface area contributed by atoms with Crippen LogP contribution in [0.15, 0.2) is 24.3 Å². The van der Waals surface area contributed by atoms with Crippen molar-refractivity contribution in [2.45, 2.75) is 50.9 Å². The van der Waals surface area contributed by atoms with E-state index in [-0.39, 0.29) is 17.9 Å². The van der Waals surface area contributed by atoms with E-state index in [1.54, 1.807) is 13.8 Å². The van der Waals surface area contributed by atoms with Crippen molar-refractivity contribution in [1.29, 1.82) is 0 Å². The molecular formula is C21H30N4O8S. The third-order valence-electron chi connectivity index (χ3n) is 4.79. The first-order chi connectivity index (χ1) is 15.8. The molecule has 0 aromatic heterocycles. The van der Waals surface area contributed by atoms with Crippen LogP contribution >= 0.6 is 12.6 Å². The van der Waals surface area contributed by atoms with Crippen LogP contribution < -0.4 is 21.7 Å². The number of thiol groups is 1. The Morgan fingerprint density at radius 1 is 0.912 bits per heavy atom. The fourth-order valence-corrected chi connectivity index (χ4v) is 3.13. The third-order valence-corrected chi connectivity index (χ3v) is 5.15. The summed E-state index contributed by atoms with van der Waals surface area (Å²) in [6.45, 7) is 3.22. The Morgan fingerprint density at radius 3 is 1.91 bits per heavy atom. The number of nitrogens with two attached hydrogens (primary N) is 1. The summed E-state index contributed by atoms with van der Waals surface area (Å²) in [5.41, 5.74) is 6.07. The van der Waals surface area contributed by atoms with Crippen LogP contribution in [0.1, 0.15) is 25.8 Å². The highest BCUT2D eigenvalue weighted by Gasteiger charge is 2.31. The van der Waals surface area contributed by atoms with Gasteiger partial charge in [0.1, 0.15) is 23.9 Å². The number of carbonyl (C=O) groups excluding carboxylic acids is 3. The van der Waals surface area contributed by atoms with Gasteiger partial charge in [0.05, 0.1) is 12.5 Å². The molecule has 4 unspecified atom stereocenters. The molecule has 0 saturated heterocycles. The lowest BCUT2D eigenvalue weighted by atomic mass is 10.0. The number of benzene rings is 1. The third kappa shape index (κ3) is 9.27. The summed E-state index contributed by atoms with van der Waals surface area (Å²) in [6.07, 6.45) is -0.696. The molecule has 0 spiro atoms. The van der Waals surface area contributed by atoms with E-state index < -0.39 is 66.2 Å². The predicted octanol–water partition coefficient (Wildman–Crippen LogP) is -1.14. The average Bonchev–Trinajstić information content (AvgIpc) is 2.75. The smallest absolute Gasteiger partial charge is 0.326 e. The molecule has 1 aromatic carbocycles.